The first-order chi connectivity index (χ1) is 8.51. The van der Waals surface area contributed by atoms with E-state index in [-0.39, 0.29) is 18.4 Å². The second kappa shape index (κ2) is 8.68. The zero-order chi connectivity index (χ0) is 13.7. The maximum Gasteiger partial charge on any atom is 0.123 e. The van der Waals surface area contributed by atoms with E-state index in [4.69, 9.17) is 22.1 Å². The summed E-state index contributed by atoms with van der Waals surface area (Å²) in [5, 5.41) is 0.831. The lowest BCUT2D eigenvalue weighted by Crippen LogP contribution is -2.22. The molecule has 2 N–H and O–H groups in total. The fourth-order valence-corrected chi connectivity index (χ4v) is 2.13. The number of nitrogens with two attached hydrogens (primary N) is 1. The molecular formula is C15H25Cl2NO. The molecule has 1 aromatic rings. The van der Waals surface area contributed by atoms with Crippen molar-refractivity contribution >= 4 is 24.0 Å². The Morgan fingerprint density at radius 2 is 1.95 bits per heavy atom. The molecule has 0 aromatic heterocycles. The molecule has 0 spiro atoms. The Balaban J connectivity index is 0.00000324. The van der Waals surface area contributed by atoms with E-state index >= 15 is 0 Å². The first-order valence-electron chi connectivity index (χ1n) is 6.68. The van der Waals surface area contributed by atoms with Crippen molar-refractivity contribution in [1.29, 1.82) is 0 Å². The topological polar surface area (TPSA) is 35.2 Å². The highest BCUT2D eigenvalue weighted by Crippen LogP contribution is 2.32. The molecule has 4 heteroatoms. The van der Waals surface area contributed by atoms with E-state index in [0.29, 0.717) is 0 Å². The van der Waals surface area contributed by atoms with Crippen molar-refractivity contribution in [2.45, 2.75) is 53.0 Å². The average Bonchev–Trinajstić information content (AvgIpc) is 2.37. The highest BCUT2D eigenvalue weighted by molar-refractivity contribution is 6.32. The lowest BCUT2D eigenvalue weighted by atomic mass is 9.97. The maximum atomic E-state index is 6.32. The normalized spacial score (nSPS) is 11.9. The SMILES string of the molecule is CCCOc1cc(C)c(Cl)c(C)c1CC(N)CC.Cl. The van der Waals surface area contributed by atoms with Crippen LogP contribution in [-0.2, 0) is 6.42 Å². The monoisotopic (exact) mass is 305 g/mol. The van der Waals surface area contributed by atoms with Gasteiger partial charge in [-0.05, 0) is 50.3 Å². The minimum atomic E-state index is 0. The van der Waals surface area contributed by atoms with Gasteiger partial charge in [-0.3, -0.25) is 0 Å². The van der Waals surface area contributed by atoms with Gasteiger partial charge in [0.2, 0.25) is 0 Å². The summed E-state index contributed by atoms with van der Waals surface area (Å²) in [4.78, 5) is 0. The molecule has 0 amide bonds. The van der Waals surface area contributed by atoms with Gasteiger partial charge in [-0.15, -0.1) is 12.4 Å². The van der Waals surface area contributed by atoms with Gasteiger partial charge in [0.05, 0.1) is 6.61 Å². The average molecular weight is 306 g/mol. The molecule has 19 heavy (non-hydrogen) atoms. The van der Waals surface area contributed by atoms with Gasteiger partial charge in [0.1, 0.15) is 5.75 Å². The predicted octanol–water partition coefficient (Wildman–Crippen LogP) is 4.45. The molecule has 2 nitrogen and oxygen atoms in total. The van der Waals surface area contributed by atoms with Gasteiger partial charge in [0.15, 0.2) is 0 Å². The molecule has 0 saturated heterocycles. The molecular weight excluding hydrogens is 281 g/mol. The molecule has 0 fully saturated rings. The Morgan fingerprint density at radius 1 is 1.32 bits per heavy atom. The van der Waals surface area contributed by atoms with Crippen LogP contribution in [0.25, 0.3) is 0 Å². The lowest BCUT2D eigenvalue weighted by molar-refractivity contribution is 0.313. The third-order valence-electron chi connectivity index (χ3n) is 3.23. The number of hydrogen-bond donors (Lipinski definition) is 1. The van der Waals surface area contributed by atoms with Crippen molar-refractivity contribution in [2.24, 2.45) is 5.73 Å². The van der Waals surface area contributed by atoms with Gasteiger partial charge in [0.25, 0.3) is 0 Å². The number of benzene rings is 1. The van der Waals surface area contributed by atoms with Gasteiger partial charge in [-0.2, -0.15) is 0 Å². The Morgan fingerprint density at radius 3 is 2.47 bits per heavy atom. The highest BCUT2D eigenvalue weighted by Gasteiger charge is 2.15. The van der Waals surface area contributed by atoms with Crippen LogP contribution in [0.5, 0.6) is 5.75 Å². The smallest absolute Gasteiger partial charge is 0.123 e. The molecule has 1 rings (SSSR count). The van der Waals surface area contributed by atoms with Crippen LogP contribution >= 0.6 is 24.0 Å². The third kappa shape index (κ3) is 4.87. The van der Waals surface area contributed by atoms with Gasteiger partial charge in [-0.25, -0.2) is 0 Å². The van der Waals surface area contributed by atoms with Gasteiger partial charge in [-0.1, -0.05) is 25.4 Å². The largest absolute Gasteiger partial charge is 0.493 e. The van der Waals surface area contributed by atoms with Gasteiger partial charge in [0, 0.05) is 16.6 Å². The van der Waals surface area contributed by atoms with Crippen LogP contribution < -0.4 is 10.5 Å². The third-order valence-corrected chi connectivity index (χ3v) is 3.81. The second-order valence-electron chi connectivity index (χ2n) is 4.83. The Hall–Kier alpha value is -0.440. The number of hydrogen-bond acceptors (Lipinski definition) is 2. The van der Waals surface area contributed by atoms with Crippen molar-refractivity contribution < 1.29 is 4.74 Å². The summed E-state index contributed by atoms with van der Waals surface area (Å²) < 4.78 is 5.83. The summed E-state index contributed by atoms with van der Waals surface area (Å²) in [5.41, 5.74) is 9.39. The van der Waals surface area contributed by atoms with Crippen LogP contribution in [0.4, 0.5) is 0 Å². The Bertz CT molecular complexity index is 408. The minimum absolute atomic E-state index is 0. The molecule has 1 unspecified atom stereocenters. The molecule has 0 saturated carbocycles. The van der Waals surface area contributed by atoms with Crippen LogP contribution in [0.1, 0.15) is 43.4 Å². The molecule has 0 heterocycles. The summed E-state index contributed by atoms with van der Waals surface area (Å²) >= 11 is 6.32. The van der Waals surface area contributed by atoms with Crippen molar-refractivity contribution in [3.63, 3.8) is 0 Å². The molecule has 0 aliphatic carbocycles. The predicted molar refractivity (Wildman–Crippen MR) is 85.9 cm³/mol. The summed E-state index contributed by atoms with van der Waals surface area (Å²) in [5.74, 6) is 0.945. The lowest BCUT2D eigenvalue weighted by Gasteiger charge is -2.19. The minimum Gasteiger partial charge on any atom is -0.493 e. The molecule has 1 aromatic carbocycles. The first kappa shape index (κ1) is 18.6. The summed E-state index contributed by atoms with van der Waals surface area (Å²) in [6.07, 6.45) is 2.78. The van der Waals surface area contributed by atoms with Crippen molar-refractivity contribution in [2.75, 3.05) is 6.61 Å². The zero-order valence-corrected chi connectivity index (χ0v) is 13.8. The molecule has 1 atom stereocenters. The first-order valence-corrected chi connectivity index (χ1v) is 7.05. The van der Waals surface area contributed by atoms with Crippen LogP contribution in [0, 0.1) is 13.8 Å². The zero-order valence-electron chi connectivity index (χ0n) is 12.3. The Labute approximate surface area is 128 Å². The fourth-order valence-electron chi connectivity index (χ4n) is 1.96. The van der Waals surface area contributed by atoms with E-state index in [1.54, 1.807) is 0 Å². The molecule has 0 aliphatic heterocycles. The summed E-state index contributed by atoms with van der Waals surface area (Å²) in [6.45, 7) is 8.99. The quantitative estimate of drug-likeness (QED) is 0.843. The molecule has 110 valence electrons. The van der Waals surface area contributed by atoms with Crippen molar-refractivity contribution in [3.8, 4) is 5.75 Å². The van der Waals surface area contributed by atoms with E-state index < -0.39 is 0 Å². The van der Waals surface area contributed by atoms with Crippen LogP contribution in [0.3, 0.4) is 0 Å². The second-order valence-corrected chi connectivity index (χ2v) is 5.21. The van der Waals surface area contributed by atoms with E-state index in [1.165, 1.54) is 0 Å². The van der Waals surface area contributed by atoms with E-state index in [0.717, 1.165) is 53.3 Å². The Kier molecular flexibility index (Phi) is 8.47. The molecule has 0 radical (unpaired) electrons. The molecule has 0 aliphatic rings. The van der Waals surface area contributed by atoms with E-state index in [9.17, 15) is 0 Å². The number of rotatable bonds is 6. The van der Waals surface area contributed by atoms with Gasteiger partial charge < -0.3 is 10.5 Å². The van der Waals surface area contributed by atoms with E-state index in [2.05, 4.69) is 13.8 Å². The van der Waals surface area contributed by atoms with E-state index in [1.807, 2.05) is 19.9 Å². The highest BCUT2D eigenvalue weighted by atomic mass is 35.5. The standard InChI is InChI=1S/C15H24ClNO.ClH/c1-5-7-18-14-8-10(3)15(16)11(4)13(14)9-12(17)6-2;/h8,12H,5-7,9,17H2,1-4H3;1H. The van der Waals surface area contributed by atoms with Gasteiger partial charge >= 0.3 is 0 Å². The fraction of sp³-hybridized carbons (Fsp3) is 0.600. The maximum absolute atomic E-state index is 6.32. The van der Waals surface area contributed by atoms with Crippen molar-refractivity contribution in [1.82, 2.24) is 0 Å². The summed E-state index contributed by atoms with van der Waals surface area (Å²) in [6, 6.07) is 2.19. The number of aryl methyl sites for hydroxylation is 1. The molecule has 0 bridgehead atoms. The number of ether oxygens (including phenoxy) is 1. The van der Waals surface area contributed by atoms with Crippen LogP contribution in [-0.4, -0.2) is 12.6 Å². The summed E-state index contributed by atoms with van der Waals surface area (Å²) in [7, 11) is 0. The van der Waals surface area contributed by atoms with Crippen molar-refractivity contribution in [3.05, 3.63) is 27.8 Å². The number of halogens is 2. The van der Waals surface area contributed by atoms with Crippen LogP contribution in [0.15, 0.2) is 6.07 Å². The van der Waals surface area contributed by atoms with Crippen LogP contribution in [0.2, 0.25) is 5.02 Å².